The molecule has 0 amide bonds. The highest BCUT2D eigenvalue weighted by atomic mass is 19.1. The molecule has 0 saturated carbocycles. The summed E-state index contributed by atoms with van der Waals surface area (Å²) in [6, 6.07) is 8.18. The first-order valence-electron chi connectivity index (χ1n) is 6.07. The summed E-state index contributed by atoms with van der Waals surface area (Å²) in [4.78, 5) is 4.10. The van der Waals surface area contributed by atoms with Crippen LogP contribution in [0.1, 0.15) is 16.7 Å². The van der Waals surface area contributed by atoms with E-state index in [1.54, 1.807) is 24.4 Å². The van der Waals surface area contributed by atoms with Gasteiger partial charge in [0.05, 0.1) is 12.5 Å². The molecule has 0 radical (unpaired) electrons. The number of pyridine rings is 1. The molecular weight excluding hydrogens is 255 g/mol. The normalized spacial score (nSPS) is 9.85. The van der Waals surface area contributed by atoms with Crippen LogP contribution in [-0.2, 0) is 6.42 Å². The van der Waals surface area contributed by atoms with Crippen molar-refractivity contribution in [3.63, 3.8) is 0 Å². The largest absolute Gasteiger partial charge is 0.436 e. The number of halogens is 1. The molecule has 0 saturated heterocycles. The van der Waals surface area contributed by atoms with Crippen LogP contribution in [0.15, 0.2) is 37.0 Å². The number of ether oxygens (including phenoxy) is 1. The molecule has 2 rings (SSSR count). The van der Waals surface area contributed by atoms with E-state index >= 15 is 0 Å². The van der Waals surface area contributed by atoms with E-state index in [2.05, 4.69) is 11.6 Å². The first kappa shape index (κ1) is 13.8. The third-order valence-corrected chi connectivity index (χ3v) is 2.91. The molecule has 0 spiro atoms. The molecule has 1 aromatic carbocycles. The number of hydrogen-bond acceptors (Lipinski definition) is 3. The van der Waals surface area contributed by atoms with Crippen molar-refractivity contribution in [2.75, 3.05) is 0 Å². The minimum atomic E-state index is -0.489. The SMILES string of the molecule is C=Cc1ccnc(Oc2cc(CC#N)ccc2F)c1C. The molecule has 3 nitrogen and oxygen atoms in total. The number of hydrogen-bond donors (Lipinski definition) is 0. The predicted molar refractivity (Wildman–Crippen MR) is 74.9 cm³/mol. The molecule has 1 heterocycles. The first-order chi connectivity index (χ1) is 9.65. The Labute approximate surface area is 117 Å². The van der Waals surface area contributed by atoms with Crippen molar-refractivity contribution >= 4 is 6.08 Å². The van der Waals surface area contributed by atoms with E-state index in [4.69, 9.17) is 10.00 Å². The highest BCUT2D eigenvalue weighted by molar-refractivity contribution is 5.54. The fourth-order valence-corrected chi connectivity index (χ4v) is 1.79. The van der Waals surface area contributed by atoms with Crippen LogP contribution in [0.4, 0.5) is 4.39 Å². The first-order valence-corrected chi connectivity index (χ1v) is 6.07. The van der Waals surface area contributed by atoms with Crippen molar-refractivity contribution in [2.24, 2.45) is 0 Å². The van der Waals surface area contributed by atoms with Crippen molar-refractivity contribution in [1.29, 1.82) is 5.26 Å². The lowest BCUT2D eigenvalue weighted by Crippen LogP contribution is -1.96. The Morgan fingerprint density at radius 1 is 1.45 bits per heavy atom. The van der Waals surface area contributed by atoms with Gasteiger partial charge in [0, 0.05) is 11.8 Å². The average molecular weight is 268 g/mol. The zero-order valence-electron chi connectivity index (χ0n) is 11.1. The van der Waals surface area contributed by atoms with Crippen LogP contribution in [0.5, 0.6) is 11.6 Å². The molecule has 0 N–H and O–H groups in total. The van der Waals surface area contributed by atoms with E-state index in [1.165, 1.54) is 12.1 Å². The van der Waals surface area contributed by atoms with Crippen LogP contribution in [0.3, 0.4) is 0 Å². The summed E-state index contributed by atoms with van der Waals surface area (Å²) in [6.07, 6.45) is 3.47. The van der Waals surface area contributed by atoms with E-state index in [1.807, 2.05) is 13.0 Å². The Kier molecular flexibility index (Phi) is 4.11. The standard InChI is InChI=1S/C16H13FN2O/c1-3-13-7-9-19-16(11(13)2)20-15-10-12(6-8-18)4-5-14(15)17/h3-5,7,9-10H,1,6H2,2H3. The third-order valence-electron chi connectivity index (χ3n) is 2.91. The van der Waals surface area contributed by atoms with Crippen molar-refractivity contribution in [3.8, 4) is 17.7 Å². The Balaban J connectivity index is 2.37. The van der Waals surface area contributed by atoms with Gasteiger partial charge in [0.2, 0.25) is 5.88 Å². The van der Waals surface area contributed by atoms with Gasteiger partial charge in [-0.25, -0.2) is 9.37 Å². The van der Waals surface area contributed by atoms with Gasteiger partial charge in [-0.1, -0.05) is 18.7 Å². The average Bonchev–Trinajstić information content (AvgIpc) is 2.45. The maximum absolute atomic E-state index is 13.8. The number of benzene rings is 1. The maximum Gasteiger partial charge on any atom is 0.222 e. The second kappa shape index (κ2) is 5.98. The monoisotopic (exact) mass is 268 g/mol. The molecular formula is C16H13FN2O. The topological polar surface area (TPSA) is 45.9 Å². The van der Waals surface area contributed by atoms with Crippen LogP contribution in [0, 0.1) is 24.1 Å². The Morgan fingerprint density at radius 2 is 2.25 bits per heavy atom. The molecule has 0 aliphatic rings. The van der Waals surface area contributed by atoms with Crippen LogP contribution >= 0.6 is 0 Å². The van der Waals surface area contributed by atoms with Crippen LogP contribution in [-0.4, -0.2) is 4.98 Å². The zero-order chi connectivity index (χ0) is 14.5. The number of nitriles is 1. The summed E-state index contributed by atoms with van der Waals surface area (Å²) in [7, 11) is 0. The highest BCUT2D eigenvalue weighted by Gasteiger charge is 2.10. The van der Waals surface area contributed by atoms with Gasteiger partial charge < -0.3 is 4.74 Å². The van der Waals surface area contributed by atoms with E-state index in [-0.39, 0.29) is 12.2 Å². The Morgan fingerprint density at radius 3 is 2.95 bits per heavy atom. The quantitative estimate of drug-likeness (QED) is 0.841. The Hall–Kier alpha value is -2.67. The molecule has 100 valence electrons. The van der Waals surface area contributed by atoms with Crippen molar-refractivity contribution < 1.29 is 9.13 Å². The summed E-state index contributed by atoms with van der Waals surface area (Å²) in [5.41, 5.74) is 2.36. The second-order valence-electron chi connectivity index (χ2n) is 4.24. The maximum atomic E-state index is 13.8. The highest BCUT2D eigenvalue weighted by Crippen LogP contribution is 2.28. The molecule has 0 aliphatic carbocycles. The lowest BCUT2D eigenvalue weighted by molar-refractivity contribution is 0.424. The molecule has 0 unspecified atom stereocenters. The van der Waals surface area contributed by atoms with Crippen LogP contribution in [0.2, 0.25) is 0 Å². The summed E-state index contributed by atoms with van der Waals surface area (Å²) in [5.74, 6) is -0.0955. The van der Waals surface area contributed by atoms with Gasteiger partial charge in [-0.3, -0.25) is 0 Å². The zero-order valence-corrected chi connectivity index (χ0v) is 11.1. The Bertz CT molecular complexity index is 689. The molecule has 0 fully saturated rings. The molecule has 0 bridgehead atoms. The van der Waals surface area contributed by atoms with Gasteiger partial charge in [-0.2, -0.15) is 5.26 Å². The van der Waals surface area contributed by atoms with Gasteiger partial charge in [-0.05, 0) is 36.2 Å². The lowest BCUT2D eigenvalue weighted by Gasteiger charge is -2.10. The van der Waals surface area contributed by atoms with Crippen molar-refractivity contribution in [3.05, 3.63) is 59.5 Å². The van der Waals surface area contributed by atoms with Gasteiger partial charge >= 0.3 is 0 Å². The van der Waals surface area contributed by atoms with E-state index in [0.29, 0.717) is 11.4 Å². The molecule has 0 atom stereocenters. The minimum Gasteiger partial charge on any atom is -0.436 e. The van der Waals surface area contributed by atoms with E-state index in [0.717, 1.165) is 11.1 Å². The summed E-state index contributed by atoms with van der Waals surface area (Å²) in [5, 5.41) is 8.67. The van der Waals surface area contributed by atoms with E-state index < -0.39 is 5.82 Å². The smallest absolute Gasteiger partial charge is 0.222 e. The van der Waals surface area contributed by atoms with Crippen molar-refractivity contribution in [2.45, 2.75) is 13.3 Å². The number of aromatic nitrogens is 1. The molecule has 4 heteroatoms. The van der Waals surface area contributed by atoms with Crippen molar-refractivity contribution in [1.82, 2.24) is 4.98 Å². The van der Waals surface area contributed by atoms with E-state index in [9.17, 15) is 4.39 Å². The predicted octanol–water partition coefficient (Wildman–Crippen LogP) is 4.03. The van der Waals surface area contributed by atoms with Crippen LogP contribution in [0.25, 0.3) is 6.08 Å². The minimum absolute atomic E-state index is 0.0644. The second-order valence-corrected chi connectivity index (χ2v) is 4.24. The fraction of sp³-hybridized carbons (Fsp3) is 0.125. The summed E-state index contributed by atoms with van der Waals surface area (Å²) >= 11 is 0. The fourth-order valence-electron chi connectivity index (χ4n) is 1.79. The summed E-state index contributed by atoms with van der Waals surface area (Å²) in [6.45, 7) is 5.53. The molecule has 20 heavy (non-hydrogen) atoms. The summed E-state index contributed by atoms with van der Waals surface area (Å²) < 4.78 is 19.3. The molecule has 0 aliphatic heterocycles. The van der Waals surface area contributed by atoms with Gasteiger partial charge in [-0.15, -0.1) is 0 Å². The number of nitrogens with zero attached hydrogens (tertiary/aromatic N) is 2. The van der Waals surface area contributed by atoms with Crippen LogP contribution < -0.4 is 4.74 Å². The third kappa shape index (κ3) is 2.83. The number of rotatable bonds is 4. The van der Waals surface area contributed by atoms with Gasteiger partial charge in [0.1, 0.15) is 0 Å². The molecule has 2 aromatic rings. The molecule has 1 aromatic heterocycles. The van der Waals surface area contributed by atoms with Gasteiger partial charge in [0.15, 0.2) is 11.6 Å². The lowest BCUT2D eigenvalue weighted by atomic mass is 10.1. The van der Waals surface area contributed by atoms with Gasteiger partial charge in [0.25, 0.3) is 0 Å².